The van der Waals surface area contributed by atoms with Crippen LogP contribution in [0.2, 0.25) is 0 Å². The molecule has 1 aliphatic rings. The van der Waals surface area contributed by atoms with Crippen molar-refractivity contribution in [1.29, 1.82) is 0 Å². The van der Waals surface area contributed by atoms with Crippen LogP contribution in [-0.2, 0) is 11.7 Å². The molecule has 0 unspecified atom stereocenters. The lowest BCUT2D eigenvalue weighted by Gasteiger charge is -2.19. The maximum absolute atomic E-state index is 13.0. The summed E-state index contributed by atoms with van der Waals surface area (Å²) in [5.74, 6) is 0.237. The molecule has 2 heterocycles. The van der Waals surface area contributed by atoms with Gasteiger partial charge in [-0.15, -0.1) is 0 Å². The number of nitrogens with one attached hydrogen (secondary N) is 1. The van der Waals surface area contributed by atoms with E-state index in [9.17, 15) is 23.1 Å². The molecule has 0 amide bonds. The molecule has 3 aromatic rings. The molecule has 2 N–H and O–H groups in total. The number of halogens is 3. The van der Waals surface area contributed by atoms with Crippen LogP contribution in [-0.4, -0.2) is 19.6 Å². The van der Waals surface area contributed by atoms with Crippen molar-refractivity contribution in [2.45, 2.75) is 44.6 Å². The Hall–Kier alpha value is -2.94. The molecule has 152 valence electrons. The lowest BCUT2D eigenvalue weighted by Crippen LogP contribution is -2.29. The summed E-state index contributed by atoms with van der Waals surface area (Å²) in [5, 5.41) is 13.7. The van der Waals surface area contributed by atoms with Gasteiger partial charge in [0.1, 0.15) is 12.1 Å². The van der Waals surface area contributed by atoms with Crippen LogP contribution in [0, 0.1) is 6.92 Å². The molecular weight excluding hydrogens is 385 g/mol. The maximum Gasteiger partial charge on any atom is 0.416 e. The van der Waals surface area contributed by atoms with Gasteiger partial charge in [-0.3, -0.25) is 4.79 Å². The summed E-state index contributed by atoms with van der Waals surface area (Å²) in [5.41, 5.74) is -0.317. The Kier molecular flexibility index (Phi) is 4.38. The minimum Gasteiger partial charge on any atom is -0.369 e. The van der Waals surface area contributed by atoms with E-state index in [2.05, 4.69) is 15.3 Å². The molecule has 1 fully saturated rings. The second kappa shape index (κ2) is 6.55. The number of hydrogen-bond acceptors (Lipinski definition) is 5. The van der Waals surface area contributed by atoms with Crippen molar-refractivity contribution in [1.82, 2.24) is 14.5 Å². The third-order valence-corrected chi connectivity index (χ3v) is 5.40. The van der Waals surface area contributed by atoms with Crippen LogP contribution < -0.4 is 10.9 Å². The summed E-state index contributed by atoms with van der Waals surface area (Å²) in [7, 11) is 0. The van der Waals surface area contributed by atoms with E-state index >= 15 is 0 Å². The van der Waals surface area contributed by atoms with Crippen LogP contribution in [0.5, 0.6) is 0 Å². The van der Waals surface area contributed by atoms with E-state index < -0.39 is 18.0 Å². The molecule has 1 atom stereocenters. The number of fused-ring (bicyclic) bond motifs is 1. The number of rotatable bonds is 4. The van der Waals surface area contributed by atoms with E-state index in [0.717, 1.165) is 25.0 Å². The van der Waals surface area contributed by atoms with Crippen LogP contribution in [0.15, 0.2) is 41.6 Å². The Morgan fingerprint density at radius 3 is 2.66 bits per heavy atom. The van der Waals surface area contributed by atoms with E-state index in [1.807, 2.05) is 6.92 Å². The van der Waals surface area contributed by atoms with Crippen LogP contribution in [0.25, 0.3) is 10.9 Å². The van der Waals surface area contributed by atoms with Gasteiger partial charge in [-0.25, -0.2) is 9.97 Å². The number of pyridine rings is 1. The van der Waals surface area contributed by atoms with Gasteiger partial charge in [-0.05, 0) is 38.8 Å². The van der Waals surface area contributed by atoms with Gasteiger partial charge in [0, 0.05) is 22.9 Å². The monoisotopic (exact) mass is 404 g/mol. The van der Waals surface area contributed by atoms with Gasteiger partial charge >= 0.3 is 6.18 Å². The van der Waals surface area contributed by atoms with Crippen molar-refractivity contribution in [2.75, 3.05) is 5.32 Å². The van der Waals surface area contributed by atoms with Crippen molar-refractivity contribution < 1.29 is 18.3 Å². The Morgan fingerprint density at radius 2 is 2.00 bits per heavy atom. The molecule has 9 heteroatoms. The molecule has 0 saturated heterocycles. The average molecular weight is 404 g/mol. The maximum atomic E-state index is 13.0. The first-order valence-electron chi connectivity index (χ1n) is 9.09. The molecule has 4 rings (SSSR count). The summed E-state index contributed by atoms with van der Waals surface area (Å²) in [6, 6.07) is 4.45. The van der Waals surface area contributed by atoms with Gasteiger partial charge in [-0.2, -0.15) is 13.2 Å². The fourth-order valence-corrected chi connectivity index (χ4v) is 3.32. The largest absolute Gasteiger partial charge is 0.416 e. The molecule has 1 aliphatic carbocycles. The van der Waals surface area contributed by atoms with E-state index in [4.69, 9.17) is 0 Å². The highest BCUT2D eigenvalue weighted by Crippen LogP contribution is 2.42. The van der Waals surface area contributed by atoms with E-state index in [0.29, 0.717) is 16.5 Å². The second-order valence-corrected chi connectivity index (χ2v) is 7.58. The van der Waals surface area contributed by atoms with Gasteiger partial charge in [0.2, 0.25) is 0 Å². The first-order chi connectivity index (χ1) is 13.6. The third-order valence-electron chi connectivity index (χ3n) is 5.40. The van der Waals surface area contributed by atoms with Crippen LogP contribution in [0.4, 0.5) is 19.0 Å². The van der Waals surface area contributed by atoms with Crippen molar-refractivity contribution >= 4 is 16.7 Å². The Morgan fingerprint density at radius 1 is 1.28 bits per heavy atom. The molecule has 0 radical (unpaired) electrons. The molecule has 1 aromatic carbocycles. The number of aliphatic hydroxyl groups excluding tert-OH is 1. The summed E-state index contributed by atoms with van der Waals surface area (Å²) in [6.45, 7) is 3.65. The predicted octanol–water partition coefficient (Wildman–Crippen LogP) is 3.73. The van der Waals surface area contributed by atoms with E-state index in [-0.39, 0.29) is 22.5 Å². The first kappa shape index (κ1) is 19.4. The lowest BCUT2D eigenvalue weighted by atomic mass is 10.1. The molecule has 1 saturated carbocycles. The highest BCUT2D eigenvalue weighted by atomic mass is 19.4. The minimum absolute atomic E-state index is 0.0470. The second-order valence-electron chi connectivity index (χ2n) is 7.58. The first-order valence-corrected chi connectivity index (χ1v) is 9.09. The fraction of sp³-hybridized carbons (Fsp3) is 0.350. The fourth-order valence-electron chi connectivity index (χ4n) is 3.32. The molecule has 0 bridgehead atoms. The summed E-state index contributed by atoms with van der Waals surface area (Å²) >= 11 is 0. The highest BCUT2D eigenvalue weighted by Gasteiger charge is 2.40. The van der Waals surface area contributed by atoms with Crippen LogP contribution >= 0.6 is 0 Å². The smallest absolute Gasteiger partial charge is 0.369 e. The van der Waals surface area contributed by atoms with Crippen molar-refractivity contribution in [3.8, 4) is 0 Å². The Balaban J connectivity index is 1.75. The number of aliphatic hydroxyl groups is 1. The van der Waals surface area contributed by atoms with Gasteiger partial charge in [-0.1, -0.05) is 12.1 Å². The topological polar surface area (TPSA) is 80.0 Å². The minimum atomic E-state index is -4.51. The number of benzene rings is 1. The number of hydrogen-bond donors (Lipinski definition) is 2. The number of nitrogens with zero attached hydrogens (tertiary/aromatic N) is 3. The predicted molar refractivity (Wildman–Crippen MR) is 101 cm³/mol. The highest BCUT2D eigenvalue weighted by molar-refractivity contribution is 5.90. The average Bonchev–Trinajstić information content (AvgIpc) is 3.42. The zero-order valence-corrected chi connectivity index (χ0v) is 15.8. The number of alkyl halides is 3. The van der Waals surface area contributed by atoms with Gasteiger partial charge in [0.15, 0.2) is 6.23 Å². The molecule has 0 aliphatic heterocycles. The molecule has 29 heavy (non-hydrogen) atoms. The summed E-state index contributed by atoms with van der Waals surface area (Å²) in [6.07, 6.45) is -1.28. The van der Waals surface area contributed by atoms with E-state index in [1.165, 1.54) is 18.5 Å². The normalized spacial score (nSPS) is 16.6. The lowest BCUT2D eigenvalue weighted by molar-refractivity contribution is -0.137. The Labute approximate surface area is 164 Å². The number of aryl methyl sites for hydroxylation is 1. The van der Waals surface area contributed by atoms with Gasteiger partial charge in [0.25, 0.3) is 5.56 Å². The quantitative estimate of drug-likeness (QED) is 0.648. The summed E-state index contributed by atoms with van der Waals surface area (Å²) in [4.78, 5) is 21.0. The van der Waals surface area contributed by atoms with Gasteiger partial charge in [0.05, 0.1) is 16.5 Å². The van der Waals surface area contributed by atoms with Crippen LogP contribution in [0.1, 0.15) is 42.7 Å². The molecule has 2 aromatic heterocycles. The molecular formula is C20H19F3N4O2. The van der Waals surface area contributed by atoms with Crippen LogP contribution in [0.3, 0.4) is 0 Å². The molecule has 0 spiro atoms. The molecule has 6 nitrogen and oxygen atoms in total. The SMILES string of the molecule is Cc1c(=O)n(C2(C)CC2)cc2c(N[C@H](O)c3cccc(C(F)(F)F)c3)ncnc12. The third kappa shape index (κ3) is 3.46. The van der Waals surface area contributed by atoms with Gasteiger partial charge < -0.3 is 15.0 Å². The van der Waals surface area contributed by atoms with Crippen molar-refractivity contribution in [3.05, 3.63) is 63.8 Å². The standard InChI is InChI=1S/C20H19F3N4O2/c1-11-15-14(9-27(18(11)29)19(2)6-7-19)16(25-10-24-15)26-17(28)12-4-3-5-13(8-12)20(21,22)23/h3-5,8-10,17,28H,6-7H2,1-2H3,(H,24,25,26)/t17-/m1/s1. The number of anilines is 1. The Bertz CT molecular complexity index is 1150. The zero-order valence-electron chi connectivity index (χ0n) is 15.8. The summed E-state index contributed by atoms with van der Waals surface area (Å²) < 4.78 is 40.5. The zero-order chi connectivity index (χ0) is 21.0. The van der Waals surface area contributed by atoms with Crippen molar-refractivity contribution in [2.24, 2.45) is 0 Å². The number of aromatic nitrogens is 3. The van der Waals surface area contributed by atoms with E-state index in [1.54, 1.807) is 17.7 Å². The van der Waals surface area contributed by atoms with Crippen molar-refractivity contribution in [3.63, 3.8) is 0 Å².